The number of nitrogen functional groups attached to an aromatic ring is 1. The zero-order chi connectivity index (χ0) is 13.8. The molecule has 1 aliphatic rings. The average Bonchev–Trinajstić information content (AvgIpc) is 2.42. The summed E-state index contributed by atoms with van der Waals surface area (Å²) in [6, 6.07) is 4.26. The van der Waals surface area contributed by atoms with Crippen LogP contribution in [-0.2, 0) is 0 Å². The van der Waals surface area contributed by atoms with Crippen LogP contribution < -0.4 is 11.1 Å². The third-order valence-corrected chi connectivity index (χ3v) is 3.98. The zero-order valence-corrected chi connectivity index (χ0v) is 11.3. The number of anilines is 1. The van der Waals surface area contributed by atoms with Gasteiger partial charge in [-0.3, -0.25) is 4.79 Å². The second-order valence-electron chi connectivity index (χ2n) is 5.27. The number of nitrogens with two attached hydrogens (primary N) is 1. The molecular weight excluding hydrogens is 243 g/mol. The van der Waals surface area contributed by atoms with Crippen LogP contribution in [0.5, 0.6) is 0 Å². The van der Waals surface area contributed by atoms with Crippen molar-refractivity contribution >= 4 is 11.6 Å². The van der Waals surface area contributed by atoms with Crippen LogP contribution in [0.1, 0.15) is 49.4 Å². The lowest BCUT2D eigenvalue weighted by Crippen LogP contribution is -2.42. The first-order chi connectivity index (χ1) is 9.11. The molecule has 3 nitrogen and oxygen atoms in total. The fourth-order valence-corrected chi connectivity index (χ4v) is 2.85. The molecule has 2 unspecified atom stereocenters. The van der Waals surface area contributed by atoms with Gasteiger partial charge in [0, 0.05) is 11.7 Å². The molecule has 0 radical (unpaired) electrons. The van der Waals surface area contributed by atoms with Crippen molar-refractivity contribution in [3.05, 3.63) is 29.6 Å². The van der Waals surface area contributed by atoms with Crippen LogP contribution in [0.2, 0.25) is 0 Å². The summed E-state index contributed by atoms with van der Waals surface area (Å²) in [6.45, 7) is 2.14. The van der Waals surface area contributed by atoms with Crippen molar-refractivity contribution in [2.75, 3.05) is 5.73 Å². The van der Waals surface area contributed by atoms with Gasteiger partial charge in [-0.2, -0.15) is 0 Å². The van der Waals surface area contributed by atoms with Crippen LogP contribution in [0, 0.1) is 11.7 Å². The summed E-state index contributed by atoms with van der Waals surface area (Å²) in [6.07, 6.45) is 5.51. The Labute approximate surface area is 113 Å². The van der Waals surface area contributed by atoms with Crippen LogP contribution >= 0.6 is 0 Å². The maximum atomic E-state index is 13.6. The van der Waals surface area contributed by atoms with Gasteiger partial charge in [0.05, 0.1) is 5.56 Å². The number of hydrogen-bond donors (Lipinski definition) is 2. The molecule has 1 amide bonds. The highest BCUT2D eigenvalue weighted by atomic mass is 19.1. The van der Waals surface area contributed by atoms with E-state index in [-0.39, 0.29) is 17.5 Å². The molecule has 4 heteroatoms. The van der Waals surface area contributed by atoms with E-state index < -0.39 is 5.82 Å². The Kier molecular flexibility index (Phi) is 4.40. The smallest absolute Gasteiger partial charge is 0.254 e. The summed E-state index contributed by atoms with van der Waals surface area (Å²) in [5.74, 6) is -0.368. The molecule has 2 rings (SSSR count). The second-order valence-corrected chi connectivity index (χ2v) is 5.27. The quantitative estimate of drug-likeness (QED) is 0.824. The van der Waals surface area contributed by atoms with E-state index in [0.29, 0.717) is 11.6 Å². The highest BCUT2D eigenvalue weighted by Crippen LogP contribution is 2.27. The molecule has 0 spiro atoms. The molecular formula is C15H21FN2O. The standard InChI is InChI=1S/C15H21FN2O/c1-2-10-5-3-4-6-14(10)18-15(19)12-9-11(17)7-8-13(12)16/h7-10,14H,2-6,17H2,1H3,(H,18,19). The second kappa shape index (κ2) is 6.04. The molecule has 0 aromatic heterocycles. The third kappa shape index (κ3) is 3.25. The molecule has 1 saturated carbocycles. The van der Waals surface area contributed by atoms with E-state index in [9.17, 15) is 9.18 Å². The number of amides is 1. The number of halogens is 1. The minimum atomic E-state index is -0.518. The van der Waals surface area contributed by atoms with Crippen LogP contribution in [0.4, 0.5) is 10.1 Å². The fraction of sp³-hybridized carbons (Fsp3) is 0.533. The molecule has 1 aromatic rings. The minimum absolute atomic E-state index is 0.0421. The highest BCUT2D eigenvalue weighted by Gasteiger charge is 2.26. The summed E-state index contributed by atoms with van der Waals surface area (Å²) in [5.41, 5.74) is 6.05. The largest absolute Gasteiger partial charge is 0.399 e. The van der Waals surface area contributed by atoms with Gasteiger partial charge in [-0.05, 0) is 37.0 Å². The summed E-state index contributed by atoms with van der Waals surface area (Å²) in [4.78, 5) is 12.1. The molecule has 0 bridgehead atoms. The maximum Gasteiger partial charge on any atom is 0.254 e. The lowest BCUT2D eigenvalue weighted by atomic mass is 9.83. The van der Waals surface area contributed by atoms with Crippen molar-refractivity contribution in [2.24, 2.45) is 5.92 Å². The lowest BCUT2D eigenvalue weighted by Gasteiger charge is -2.31. The predicted octanol–water partition coefficient (Wildman–Crippen LogP) is 3.11. The summed E-state index contributed by atoms with van der Waals surface area (Å²) in [5, 5.41) is 2.97. The zero-order valence-electron chi connectivity index (χ0n) is 11.3. The van der Waals surface area contributed by atoms with Gasteiger partial charge in [0.15, 0.2) is 0 Å². The summed E-state index contributed by atoms with van der Waals surface area (Å²) in [7, 11) is 0. The first-order valence-corrected chi connectivity index (χ1v) is 6.97. The number of rotatable bonds is 3. The van der Waals surface area contributed by atoms with Crippen LogP contribution in [-0.4, -0.2) is 11.9 Å². The van der Waals surface area contributed by atoms with Crippen molar-refractivity contribution in [1.82, 2.24) is 5.32 Å². The van der Waals surface area contributed by atoms with Gasteiger partial charge in [0.1, 0.15) is 5.82 Å². The SMILES string of the molecule is CCC1CCCCC1NC(=O)c1cc(N)ccc1F. The Morgan fingerprint density at radius 1 is 1.42 bits per heavy atom. The molecule has 2 atom stereocenters. The third-order valence-electron chi connectivity index (χ3n) is 3.98. The number of hydrogen-bond acceptors (Lipinski definition) is 2. The number of carbonyl (C=O) groups is 1. The molecule has 1 aromatic carbocycles. The molecule has 19 heavy (non-hydrogen) atoms. The van der Waals surface area contributed by atoms with Crippen molar-refractivity contribution < 1.29 is 9.18 Å². The van der Waals surface area contributed by atoms with Crippen molar-refractivity contribution in [3.63, 3.8) is 0 Å². The number of nitrogens with one attached hydrogen (secondary N) is 1. The first-order valence-electron chi connectivity index (χ1n) is 6.97. The Morgan fingerprint density at radius 2 is 2.16 bits per heavy atom. The molecule has 0 saturated heterocycles. The topological polar surface area (TPSA) is 55.1 Å². The normalized spacial score (nSPS) is 23.1. The van der Waals surface area contributed by atoms with E-state index in [1.54, 1.807) is 0 Å². The number of benzene rings is 1. The van der Waals surface area contributed by atoms with Gasteiger partial charge < -0.3 is 11.1 Å². The minimum Gasteiger partial charge on any atom is -0.399 e. The van der Waals surface area contributed by atoms with Crippen molar-refractivity contribution in [3.8, 4) is 0 Å². The molecule has 0 heterocycles. The van der Waals surface area contributed by atoms with Gasteiger partial charge in [-0.1, -0.05) is 26.2 Å². The molecule has 0 aliphatic heterocycles. The highest BCUT2D eigenvalue weighted by molar-refractivity contribution is 5.95. The van der Waals surface area contributed by atoms with Crippen LogP contribution in [0.15, 0.2) is 18.2 Å². The Hall–Kier alpha value is -1.58. The van der Waals surface area contributed by atoms with Gasteiger partial charge in [0.25, 0.3) is 5.91 Å². The average molecular weight is 264 g/mol. The van der Waals surface area contributed by atoms with Gasteiger partial charge in [0.2, 0.25) is 0 Å². The molecule has 3 N–H and O–H groups in total. The number of carbonyl (C=O) groups excluding carboxylic acids is 1. The predicted molar refractivity (Wildman–Crippen MR) is 74.3 cm³/mol. The van der Waals surface area contributed by atoms with Gasteiger partial charge in [-0.15, -0.1) is 0 Å². The van der Waals surface area contributed by atoms with Crippen LogP contribution in [0.3, 0.4) is 0 Å². The maximum absolute atomic E-state index is 13.6. The molecule has 1 aliphatic carbocycles. The van der Waals surface area contributed by atoms with E-state index in [1.165, 1.54) is 24.6 Å². The Morgan fingerprint density at radius 3 is 2.89 bits per heavy atom. The Balaban J connectivity index is 2.09. The molecule has 1 fully saturated rings. The van der Waals surface area contributed by atoms with E-state index >= 15 is 0 Å². The summed E-state index contributed by atoms with van der Waals surface area (Å²) < 4.78 is 13.6. The lowest BCUT2D eigenvalue weighted by molar-refractivity contribution is 0.0900. The van der Waals surface area contributed by atoms with E-state index in [4.69, 9.17) is 5.73 Å². The fourth-order valence-electron chi connectivity index (χ4n) is 2.85. The molecule has 104 valence electrons. The van der Waals surface area contributed by atoms with Crippen molar-refractivity contribution in [1.29, 1.82) is 0 Å². The van der Waals surface area contributed by atoms with Gasteiger partial charge in [-0.25, -0.2) is 4.39 Å². The first kappa shape index (κ1) is 13.8. The van der Waals surface area contributed by atoms with Crippen LogP contribution in [0.25, 0.3) is 0 Å². The van der Waals surface area contributed by atoms with E-state index in [0.717, 1.165) is 25.7 Å². The summed E-state index contributed by atoms with van der Waals surface area (Å²) >= 11 is 0. The van der Waals surface area contributed by atoms with E-state index in [2.05, 4.69) is 12.2 Å². The van der Waals surface area contributed by atoms with Crippen molar-refractivity contribution in [2.45, 2.75) is 45.1 Å². The van der Waals surface area contributed by atoms with E-state index in [1.807, 2.05) is 0 Å². The Bertz CT molecular complexity index is 461. The van der Waals surface area contributed by atoms with Gasteiger partial charge >= 0.3 is 0 Å². The monoisotopic (exact) mass is 264 g/mol.